The van der Waals surface area contributed by atoms with Gasteiger partial charge in [0.15, 0.2) is 0 Å². The Morgan fingerprint density at radius 3 is 2.43 bits per heavy atom. The van der Waals surface area contributed by atoms with Crippen LogP contribution in [-0.4, -0.2) is 54.7 Å². The van der Waals surface area contributed by atoms with E-state index in [9.17, 15) is 18.0 Å². The summed E-state index contributed by atoms with van der Waals surface area (Å²) in [5, 5.41) is 3.25. The molecule has 5 nitrogen and oxygen atoms in total. The maximum atomic E-state index is 13.2. The van der Waals surface area contributed by atoms with Gasteiger partial charge in [-0.25, -0.2) is 0 Å². The van der Waals surface area contributed by atoms with E-state index in [2.05, 4.69) is 22.3 Å². The Bertz CT molecular complexity index is 1040. The van der Waals surface area contributed by atoms with E-state index in [0.717, 1.165) is 45.2 Å². The Labute approximate surface area is 204 Å². The third-order valence-electron chi connectivity index (χ3n) is 7.68. The van der Waals surface area contributed by atoms with Crippen molar-refractivity contribution in [3.05, 3.63) is 59.7 Å². The molecule has 5 rings (SSSR count). The molecule has 3 aliphatic rings. The second-order valence-electron chi connectivity index (χ2n) is 10.0. The first-order chi connectivity index (χ1) is 16.8. The van der Waals surface area contributed by atoms with Gasteiger partial charge in [0.05, 0.1) is 17.7 Å². The molecule has 1 aliphatic carbocycles. The van der Waals surface area contributed by atoms with E-state index in [1.54, 1.807) is 6.07 Å². The monoisotopic (exact) mass is 487 g/mol. The van der Waals surface area contributed by atoms with Gasteiger partial charge in [0, 0.05) is 36.5 Å². The summed E-state index contributed by atoms with van der Waals surface area (Å²) in [5.41, 5.74) is 1.34. The van der Waals surface area contributed by atoms with Crippen molar-refractivity contribution in [2.75, 3.05) is 29.9 Å². The van der Waals surface area contributed by atoms with E-state index in [4.69, 9.17) is 4.74 Å². The summed E-state index contributed by atoms with van der Waals surface area (Å²) in [6.45, 7) is 3.19. The first-order valence-corrected chi connectivity index (χ1v) is 12.4. The lowest BCUT2D eigenvalue weighted by molar-refractivity contribution is -0.140. The zero-order valence-electron chi connectivity index (χ0n) is 19.9. The summed E-state index contributed by atoms with van der Waals surface area (Å²) in [7, 11) is 0. The lowest BCUT2D eigenvalue weighted by Gasteiger charge is -2.36. The van der Waals surface area contributed by atoms with Crippen LogP contribution in [0.3, 0.4) is 0 Å². The van der Waals surface area contributed by atoms with E-state index in [-0.39, 0.29) is 36.3 Å². The fraction of sp³-hybridized carbons (Fsp3) is 0.519. The van der Waals surface area contributed by atoms with Gasteiger partial charge in [0.25, 0.3) is 0 Å². The Morgan fingerprint density at radius 2 is 1.77 bits per heavy atom. The average molecular weight is 488 g/mol. The fourth-order valence-corrected chi connectivity index (χ4v) is 5.81. The van der Waals surface area contributed by atoms with Gasteiger partial charge in [0.2, 0.25) is 5.91 Å². The SMILES string of the molecule is Cc1ccc(NC2CCC(OCC(=O)N3CC4CC3CN4c3ccccc3)CC2)cc1C(F)(F)F. The number of amides is 1. The van der Waals surface area contributed by atoms with Gasteiger partial charge >= 0.3 is 6.18 Å². The number of halogens is 3. The van der Waals surface area contributed by atoms with Crippen molar-refractivity contribution in [2.45, 2.75) is 69.4 Å². The van der Waals surface area contributed by atoms with Crippen LogP contribution in [0.4, 0.5) is 24.5 Å². The van der Waals surface area contributed by atoms with E-state index < -0.39 is 11.7 Å². The minimum atomic E-state index is -4.35. The molecular weight excluding hydrogens is 455 g/mol. The van der Waals surface area contributed by atoms with Crippen LogP contribution in [0.2, 0.25) is 0 Å². The molecule has 0 spiro atoms. The number of para-hydroxylation sites is 1. The molecule has 2 heterocycles. The van der Waals surface area contributed by atoms with E-state index in [1.165, 1.54) is 24.7 Å². The largest absolute Gasteiger partial charge is 0.416 e. The summed E-state index contributed by atoms with van der Waals surface area (Å²) in [5.74, 6) is 0.0600. The minimum absolute atomic E-state index is 0.0151. The minimum Gasteiger partial charge on any atom is -0.382 e. The average Bonchev–Trinajstić information content (AvgIpc) is 3.46. The highest BCUT2D eigenvalue weighted by Crippen LogP contribution is 2.36. The van der Waals surface area contributed by atoms with Crippen molar-refractivity contribution in [1.82, 2.24) is 4.90 Å². The smallest absolute Gasteiger partial charge is 0.382 e. The lowest BCUT2D eigenvalue weighted by Crippen LogP contribution is -2.50. The molecule has 1 amide bonds. The molecule has 2 saturated heterocycles. The molecule has 1 saturated carbocycles. The third-order valence-corrected chi connectivity index (χ3v) is 7.68. The van der Waals surface area contributed by atoms with E-state index in [1.807, 2.05) is 23.1 Å². The number of aryl methyl sites for hydroxylation is 1. The van der Waals surface area contributed by atoms with Gasteiger partial charge in [-0.05, 0) is 68.9 Å². The van der Waals surface area contributed by atoms with Crippen LogP contribution in [0.15, 0.2) is 48.5 Å². The quantitative estimate of drug-likeness (QED) is 0.605. The first kappa shape index (κ1) is 24.0. The fourth-order valence-electron chi connectivity index (χ4n) is 5.81. The Hall–Kier alpha value is -2.74. The first-order valence-electron chi connectivity index (χ1n) is 12.4. The molecular formula is C27H32F3N3O2. The van der Waals surface area contributed by atoms with Crippen molar-refractivity contribution >= 4 is 17.3 Å². The molecule has 8 heteroatoms. The maximum Gasteiger partial charge on any atom is 0.416 e. The highest BCUT2D eigenvalue weighted by atomic mass is 19.4. The molecule has 1 N–H and O–H groups in total. The number of nitrogens with one attached hydrogen (secondary N) is 1. The predicted octanol–water partition coefficient (Wildman–Crippen LogP) is 5.24. The molecule has 35 heavy (non-hydrogen) atoms. The number of ether oxygens (including phenoxy) is 1. The predicted molar refractivity (Wildman–Crippen MR) is 129 cm³/mol. The molecule has 0 aromatic heterocycles. The van der Waals surface area contributed by atoms with Gasteiger partial charge in [-0.15, -0.1) is 0 Å². The molecule has 188 valence electrons. The van der Waals surface area contributed by atoms with Crippen LogP contribution in [0.25, 0.3) is 0 Å². The number of nitrogens with zero attached hydrogens (tertiary/aromatic N) is 2. The molecule has 2 atom stereocenters. The third kappa shape index (κ3) is 5.27. The molecule has 2 aliphatic heterocycles. The Morgan fingerprint density at radius 1 is 1.03 bits per heavy atom. The normalized spacial score (nSPS) is 26.3. The second-order valence-corrected chi connectivity index (χ2v) is 10.0. The molecule has 0 radical (unpaired) electrons. The van der Waals surface area contributed by atoms with Gasteiger partial charge in [-0.2, -0.15) is 13.2 Å². The highest BCUT2D eigenvalue weighted by Gasteiger charge is 2.45. The number of hydrogen-bond acceptors (Lipinski definition) is 4. The van der Waals surface area contributed by atoms with Crippen LogP contribution in [-0.2, 0) is 15.7 Å². The molecule has 3 fully saturated rings. The Balaban J connectivity index is 1.06. The van der Waals surface area contributed by atoms with Gasteiger partial charge < -0.3 is 19.9 Å². The summed E-state index contributed by atoms with van der Waals surface area (Å²) in [4.78, 5) is 17.2. The number of likely N-dealkylation sites (tertiary alicyclic amines) is 1. The number of carbonyl (C=O) groups is 1. The van der Waals surface area contributed by atoms with Crippen LogP contribution in [0.1, 0.15) is 43.2 Å². The number of fused-ring (bicyclic) bond motifs is 2. The topological polar surface area (TPSA) is 44.8 Å². The van der Waals surface area contributed by atoms with Crippen molar-refractivity contribution < 1.29 is 22.7 Å². The number of alkyl halides is 3. The van der Waals surface area contributed by atoms with Crippen molar-refractivity contribution in [1.29, 1.82) is 0 Å². The summed E-state index contributed by atoms with van der Waals surface area (Å²) < 4.78 is 45.5. The van der Waals surface area contributed by atoms with Crippen LogP contribution in [0, 0.1) is 6.92 Å². The summed E-state index contributed by atoms with van der Waals surface area (Å²) >= 11 is 0. The van der Waals surface area contributed by atoms with Gasteiger partial charge in [-0.1, -0.05) is 24.3 Å². The molecule has 2 unspecified atom stereocenters. The van der Waals surface area contributed by atoms with Crippen molar-refractivity contribution in [3.63, 3.8) is 0 Å². The van der Waals surface area contributed by atoms with Crippen LogP contribution < -0.4 is 10.2 Å². The van der Waals surface area contributed by atoms with Crippen LogP contribution in [0.5, 0.6) is 0 Å². The van der Waals surface area contributed by atoms with Crippen molar-refractivity contribution in [2.24, 2.45) is 0 Å². The van der Waals surface area contributed by atoms with Gasteiger partial charge in [0.1, 0.15) is 6.61 Å². The van der Waals surface area contributed by atoms with Crippen molar-refractivity contribution in [3.8, 4) is 0 Å². The number of carbonyl (C=O) groups excluding carboxylic acids is 1. The van der Waals surface area contributed by atoms with Gasteiger partial charge in [-0.3, -0.25) is 4.79 Å². The number of rotatable bonds is 6. The highest BCUT2D eigenvalue weighted by molar-refractivity contribution is 5.79. The number of benzene rings is 2. The number of piperazine rings is 1. The molecule has 2 bridgehead atoms. The standard InChI is InChI=1S/C27H32F3N3O2/c1-18-7-8-20(13-25(18)27(28,29)30)31-19-9-11-24(12-10-19)35-17-26(34)33-16-22-14-23(33)15-32(22)21-5-3-2-4-6-21/h2-8,13,19,22-24,31H,9-12,14-17H2,1H3. The maximum absolute atomic E-state index is 13.2. The summed E-state index contributed by atoms with van der Waals surface area (Å²) in [6, 6.07) is 15.5. The second kappa shape index (κ2) is 9.72. The zero-order valence-corrected chi connectivity index (χ0v) is 19.9. The van der Waals surface area contributed by atoms with E-state index >= 15 is 0 Å². The lowest BCUT2D eigenvalue weighted by atomic mass is 9.92. The van der Waals surface area contributed by atoms with E-state index in [0.29, 0.717) is 11.7 Å². The number of hydrogen-bond donors (Lipinski definition) is 1. The van der Waals surface area contributed by atoms with Crippen LogP contribution >= 0.6 is 0 Å². The Kier molecular flexibility index (Phi) is 6.66. The summed E-state index contributed by atoms with van der Waals surface area (Å²) in [6.07, 6.45) is -0.154. The zero-order chi connectivity index (χ0) is 24.6. The number of anilines is 2. The molecule has 2 aromatic rings. The molecule has 2 aromatic carbocycles.